The molecule has 0 spiro atoms. The first-order valence-electron chi connectivity index (χ1n) is 4.88. The van der Waals surface area contributed by atoms with Crippen molar-refractivity contribution in [2.45, 2.75) is 33.6 Å². The number of rotatable bonds is 3. The molecular weight excluding hydrogens is 150 g/mol. The maximum atomic E-state index is 5.61. The zero-order chi connectivity index (χ0) is 9.03. The Bertz CT molecular complexity index is 122. The Morgan fingerprint density at radius 3 is 2.25 bits per heavy atom. The molecular formula is C10H21NO. The fourth-order valence-corrected chi connectivity index (χ4v) is 1.39. The van der Waals surface area contributed by atoms with Crippen molar-refractivity contribution in [3.63, 3.8) is 0 Å². The molecule has 0 amide bonds. The standard InChI is InChI=1S/C10H21NO/c1-10(2,3)8-12-9-11-6-4-5-7-11/h4-9H2,1-3H3. The monoisotopic (exact) mass is 171 g/mol. The number of nitrogens with zero attached hydrogens (tertiary/aromatic N) is 1. The molecule has 0 bridgehead atoms. The van der Waals surface area contributed by atoms with Crippen LogP contribution in [0.25, 0.3) is 0 Å². The largest absolute Gasteiger partial charge is 0.366 e. The summed E-state index contributed by atoms with van der Waals surface area (Å²) in [5, 5.41) is 0. The minimum atomic E-state index is 0.305. The normalized spacial score (nSPS) is 20.2. The zero-order valence-electron chi connectivity index (χ0n) is 8.60. The lowest BCUT2D eigenvalue weighted by molar-refractivity contribution is 0.00473. The highest BCUT2D eigenvalue weighted by Gasteiger charge is 2.14. The Hall–Kier alpha value is -0.0800. The molecule has 0 saturated carbocycles. The third-order valence-corrected chi connectivity index (χ3v) is 2.01. The molecule has 0 N–H and O–H groups in total. The van der Waals surface area contributed by atoms with E-state index in [1.54, 1.807) is 0 Å². The summed E-state index contributed by atoms with van der Waals surface area (Å²) in [6, 6.07) is 0. The lowest BCUT2D eigenvalue weighted by Gasteiger charge is -2.21. The molecule has 1 rings (SSSR count). The summed E-state index contributed by atoms with van der Waals surface area (Å²) in [5.74, 6) is 0. The third kappa shape index (κ3) is 4.07. The zero-order valence-corrected chi connectivity index (χ0v) is 8.60. The fourth-order valence-electron chi connectivity index (χ4n) is 1.39. The molecule has 12 heavy (non-hydrogen) atoms. The van der Waals surface area contributed by atoms with Gasteiger partial charge in [0.25, 0.3) is 0 Å². The van der Waals surface area contributed by atoms with E-state index >= 15 is 0 Å². The van der Waals surface area contributed by atoms with Gasteiger partial charge in [0.15, 0.2) is 0 Å². The van der Waals surface area contributed by atoms with Crippen molar-refractivity contribution in [1.29, 1.82) is 0 Å². The van der Waals surface area contributed by atoms with Crippen LogP contribution >= 0.6 is 0 Å². The van der Waals surface area contributed by atoms with Crippen LogP contribution in [0.2, 0.25) is 0 Å². The van der Waals surface area contributed by atoms with Crippen molar-refractivity contribution < 1.29 is 4.74 Å². The van der Waals surface area contributed by atoms with Crippen molar-refractivity contribution in [2.75, 3.05) is 26.4 Å². The van der Waals surface area contributed by atoms with E-state index in [0.717, 1.165) is 13.3 Å². The minimum Gasteiger partial charge on any atom is -0.366 e. The Labute approximate surface area is 75.9 Å². The van der Waals surface area contributed by atoms with E-state index in [-0.39, 0.29) is 0 Å². The van der Waals surface area contributed by atoms with Crippen molar-refractivity contribution in [2.24, 2.45) is 5.41 Å². The number of ether oxygens (including phenoxy) is 1. The second-order valence-corrected chi connectivity index (χ2v) is 4.86. The second-order valence-electron chi connectivity index (χ2n) is 4.86. The van der Waals surface area contributed by atoms with E-state index in [1.807, 2.05) is 0 Å². The van der Waals surface area contributed by atoms with Crippen molar-refractivity contribution in [3.8, 4) is 0 Å². The predicted octanol–water partition coefficient (Wildman–Crippen LogP) is 2.10. The third-order valence-electron chi connectivity index (χ3n) is 2.01. The first-order chi connectivity index (χ1) is 5.58. The lowest BCUT2D eigenvalue weighted by Crippen LogP contribution is -2.26. The van der Waals surface area contributed by atoms with Crippen LogP contribution in [0.5, 0.6) is 0 Å². The molecule has 0 aromatic heterocycles. The van der Waals surface area contributed by atoms with Crippen LogP contribution < -0.4 is 0 Å². The molecule has 2 nitrogen and oxygen atoms in total. The molecule has 1 heterocycles. The van der Waals surface area contributed by atoms with E-state index < -0.39 is 0 Å². The highest BCUT2D eigenvalue weighted by molar-refractivity contribution is 4.63. The number of hydrogen-bond acceptors (Lipinski definition) is 2. The quantitative estimate of drug-likeness (QED) is 0.645. The average Bonchev–Trinajstić information content (AvgIpc) is 2.36. The summed E-state index contributed by atoms with van der Waals surface area (Å²) in [7, 11) is 0. The highest BCUT2D eigenvalue weighted by Crippen LogP contribution is 2.14. The smallest absolute Gasteiger partial charge is 0.0990 e. The first kappa shape index (κ1) is 10.0. The van der Waals surface area contributed by atoms with Crippen LogP contribution in [0.1, 0.15) is 33.6 Å². The van der Waals surface area contributed by atoms with Crippen LogP contribution in [0.3, 0.4) is 0 Å². The van der Waals surface area contributed by atoms with E-state index in [4.69, 9.17) is 4.74 Å². The topological polar surface area (TPSA) is 12.5 Å². The van der Waals surface area contributed by atoms with E-state index in [0.29, 0.717) is 5.41 Å². The van der Waals surface area contributed by atoms with E-state index in [9.17, 15) is 0 Å². The Kier molecular flexibility index (Phi) is 3.53. The molecule has 0 aromatic carbocycles. The molecule has 0 aliphatic carbocycles. The van der Waals surface area contributed by atoms with Gasteiger partial charge >= 0.3 is 0 Å². The number of likely N-dealkylation sites (tertiary alicyclic amines) is 1. The second kappa shape index (κ2) is 4.24. The highest BCUT2D eigenvalue weighted by atomic mass is 16.5. The van der Waals surface area contributed by atoms with Crippen LogP contribution in [0.4, 0.5) is 0 Å². The fraction of sp³-hybridized carbons (Fsp3) is 1.00. The maximum Gasteiger partial charge on any atom is 0.0990 e. The van der Waals surface area contributed by atoms with Crippen LogP contribution in [0, 0.1) is 5.41 Å². The minimum absolute atomic E-state index is 0.305. The van der Waals surface area contributed by atoms with Gasteiger partial charge in [-0.15, -0.1) is 0 Å². The summed E-state index contributed by atoms with van der Waals surface area (Å²) in [6.07, 6.45) is 2.69. The summed E-state index contributed by atoms with van der Waals surface area (Å²) in [6.45, 7) is 10.8. The van der Waals surface area contributed by atoms with Gasteiger partial charge in [-0.2, -0.15) is 0 Å². The van der Waals surface area contributed by atoms with Gasteiger partial charge in [-0.25, -0.2) is 0 Å². The molecule has 1 fully saturated rings. The average molecular weight is 171 g/mol. The Morgan fingerprint density at radius 1 is 1.17 bits per heavy atom. The van der Waals surface area contributed by atoms with Gasteiger partial charge in [0.2, 0.25) is 0 Å². The summed E-state index contributed by atoms with van der Waals surface area (Å²) < 4.78 is 5.61. The summed E-state index contributed by atoms with van der Waals surface area (Å²) >= 11 is 0. The van der Waals surface area contributed by atoms with E-state index in [2.05, 4.69) is 25.7 Å². The van der Waals surface area contributed by atoms with Crippen LogP contribution in [-0.2, 0) is 4.74 Å². The summed E-state index contributed by atoms with van der Waals surface area (Å²) in [5.41, 5.74) is 0.305. The van der Waals surface area contributed by atoms with E-state index in [1.165, 1.54) is 25.9 Å². The predicted molar refractivity (Wildman–Crippen MR) is 51.1 cm³/mol. The van der Waals surface area contributed by atoms with Crippen LogP contribution in [0.15, 0.2) is 0 Å². The molecule has 0 radical (unpaired) electrons. The van der Waals surface area contributed by atoms with Crippen molar-refractivity contribution in [3.05, 3.63) is 0 Å². The van der Waals surface area contributed by atoms with Gasteiger partial charge in [-0.3, -0.25) is 4.90 Å². The molecule has 72 valence electrons. The van der Waals surface area contributed by atoms with Gasteiger partial charge < -0.3 is 4.74 Å². The molecule has 1 saturated heterocycles. The van der Waals surface area contributed by atoms with Crippen molar-refractivity contribution in [1.82, 2.24) is 4.90 Å². The number of hydrogen-bond donors (Lipinski definition) is 0. The molecule has 2 heteroatoms. The molecule has 1 aliphatic heterocycles. The van der Waals surface area contributed by atoms with Crippen molar-refractivity contribution >= 4 is 0 Å². The summed E-state index contributed by atoms with van der Waals surface area (Å²) in [4.78, 5) is 2.38. The van der Waals surface area contributed by atoms with Gasteiger partial charge in [-0.05, 0) is 18.3 Å². The Morgan fingerprint density at radius 2 is 1.75 bits per heavy atom. The van der Waals surface area contributed by atoms with Gasteiger partial charge in [-0.1, -0.05) is 20.8 Å². The first-order valence-corrected chi connectivity index (χ1v) is 4.88. The molecule has 0 aromatic rings. The van der Waals surface area contributed by atoms with Gasteiger partial charge in [0.05, 0.1) is 13.3 Å². The SMILES string of the molecule is CC(C)(C)COCN1CCCC1. The van der Waals surface area contributed by atoms with Gasteiger partial charge in [0.1, 0.15) is 0 Å². The molecule has 0 atom stereocenters. The van der Waals surface area contributed by atoms with Crippen LogP contribution in [-0.4, -0.2) is 31.3 Å². The molecule has 0 unspecified atom stereocenters. The molecule has 1 aliphatic rings. The maximum absolute atomic E-state index is 5.61. The Balaban J connectivity index is 2.02. The van der Waals surface area contributed by atoms with Gasteiger partial charge in [0, 0.05) is 13.1 Å². The lowest BCUT2D eigenvalue weighted by atomic mass is 9.99.